The zero-order valence-electron chi connectivity index (χ0n) is 13.3. The van der Waals surface area contributed by atoms with Gasteiger partial charge in [-0.2, -0.15) is 0 Å². The summed E-state index contributed by atoms with van der Waals surface area (Å²) in [5, 5.41) is 22.7. The van der Waals surface area contributed by atoms with Gasteiger partial charge in [-0.15, -0.1) is 0 Å². The maximum Gasteiger partial charge on any atom is 0.315 e. The highest BCUT2D eigenvalue weighted by Crippen LogP contribution is 2.60. The van der Waals surface area contributed by atoms with E-state index in [2.05, 4.69) is 0 Å². The van der Waals surface area contributed by atoms with E-state index < -0.39 is 16.6 Å². The first kappa shape index (κ1) is 15.5. The lowest BCUT2D eigenvalue weighted by Gasteiger charge is -2.58. The third kappa shape index (κ3) is 1.80. The van der Waals surface area contributed by atoms with Crippen molar-refractivity contribution in [3.05, 3.63) is 35.4 Å². The van der Waals surface area contributed by atoms with Crippen LogP contribution < -0.4 is 0 Å². The summed E-state index contributed by atoms with van der Waals surface area (Å²) in [6.07, 6.45) is 2.95. The van der Waals surface area contributed by atoms with Gasteiger partial charge in [-0.25, -0.2) is 0 Å². The number of rotatable bonds is 2. The molecular weight excluding hydrogens is 280 g/mol. The lowest BCUT2D eigenvalue weighted by atomic mass is 9.50. The molecule has 0 amide bonds. The van der Waals surface area contributed by atoms with Crippen LogP contribution in [0, 0.1) is 5.41 Å². The van der Waals surface area contributed by atoms with Gasteiger partial charge in [0.2, 0.25) is 0 Å². The van der Waals surface area contributed by atoms with Crippen LogP contribution >= 0.6 is 0 Å². The Morgan fingerprint density at radius 2 is 1.95 bits per heavy atom. The van der Waals surface area contributed by atoms with Crippen LogP contribution in [0.3, 0.4) is 0 Å². The molecule has 0 unspecified atom stereocenters. The minimum atomic E-state index is -1.60. The molecule has 3 atom stereocenters. The summed E-state index contributed by atoms with van der Waals surface area (Å²) >= 11 is 0. The molecule has 0 saturated heterocycles. The topological polar surface area (TPSA) is 66.8 Å². The Labute approximate surface area is 131 Å². The predicted molar refractivity (Wildman–Crippen MR) is 82.2 cm³/mol. The van der Waals surface area contributed by atoms with Crippen molar-refractivity contribution < 1.29 is 19.7 Å². The molecule has 22 heavy (non-hydrogen) atoms. The molecule has 2 aliphatic carbocycles. The molecule has 0 aromatic heterocycles. The zero-order chi connectivity index (χ0) is 16.0. The van der Waals surface area contributed by atoms with Crippen molar-refractivity contribution >= 4 is 5.97 Å². The number of carbonyl (C=O) groups excluding carboxylic acids is 1. The van der Waals surface area contributed by atoms with Gasteiger partial charge in [0.25, 0.3) is 0 Å². The standard InChI is InChI=1S/C18H24O4/c1-3-22-15(19)17-11-6-10-16(2,20)18(17,21)14-8-5-4-7-13(14)9-12-17/h4-5,7-8,20-21H,3,6,9-12H2,1-2H3/t16-,17+,18-/m0/s1. The summed E-state index contributed by atoms with van der Waals surface area (Å²) < 4.78 is 5.31. The van der Waals surface area contributed by atoms with E-state index in [1.165, 1.54) is 0 Å². The van der Waals surface area contributed by atoms with Crippen LogP contribution in [-0.2, 0) is 21.6 Å². The van der Waals surface area contributed by atoms with E-state index in [1.54, 1.807) is 13.8 Å². The Morgan fingerprint density at radius 3 is 2.68 bits per heavy atom. The van der Waals surface area contributed by atoms with E-state index in [-0.39, 0.29) is 12.6 Å². The highest BCUT2D eigenvalue weighted by Gasteiger charge is 2.68. The van der Waals surface area contributed by atoms with Gasteiger partial charge in [0, 0.05) is 0 Å². The highest BCUT2D eigenvalue weighted by molar-refractivity contribution is 5.80. The smallest absolute Gasteiger partial charge is 0.315 e. The first-order valence-corrected chi connectivity index (χ1v) is 8.09. The maximum absolute atomic E-state index is 12.8. The van der Waals surface area contributed by atoms with E-state index in [9.17, 15) is 15.0 Å². The molecule has 2 N–H and O–H groups in total. The Balaban J connectivity index is 2.23. The van der Waals surface area contributed by atoms with Crippen LogP contribution in [0.4, 0.5) is 0 Å². The summed E-state index contributed by atoms with van der Waals surface area (Å²) in [6, 6.07) is 7.58. The van der Waals surface area contributed by atoms with Crippen LogP contribution in [0.5, 0.6) is 0 Å². The summed E-state index contributed by atoms with van der Waals surface area (Å²) in [6.45, 7) is 3.69. The molecule has 1 aromatic carbocycles. The van der Waals surface area contributed by atoms with Crippen LogP contribution in [0.2, 0.25) is 0 Å². The number of ether oxygens (including phenoxy) is 1. The second-order valence-electron chi connectivity index (χ2n) is 6.80. The number of aryl methyl sites for hydroxylation is 1. The minimum Gasteiger partial charge on any atom is -0.465 e. The van der Waals surface area contributed by atoms with Crippen molar-refractivity contribution in [2.45, 2.75) is 57.2 Å². The van der Waals surface area contributed by atoms with Crippen molar-refractivity contribution in [1.29, 1.82) is 0 Å². The number of hydrogen-bond donors (Lipinski definition) is 2. The first-order valence-electron chi connectivity index (χ1n) is 8.09. The molecule has 0 radical (unpaired) electrons. The average Bonchev–Trinajstić information content (AvgIpc) is 2.49. The first-order chi connectivity index (χ1) is 10.4. The molecule has 4 heteroatoms. The number of aliphatic hydroxyl groups is 2. The average molecular weight is 304 g/mol. The number of fused-ring (bicyclic) bond motifs is 3. The molecule has 1 fully saturated rings. The van der Waals surface area contributed by atoms with Gasteiger partial charge >= 0.3 is 5.97 Å². The molecule has 2 aliphatic rings. The van der Waals surface area contributed by atoms with Gasteiger partial charge < -0.3 is 14.9 Å². The molecule has 4 nitrogen and oxygen atoms in total. The quantitative estimate of drug-likeness (QED) is 0.823. The van der Waals surface area contributed by atoms with E-state index in [0.29, 0.717) is 37.7 Å². The normalized spacial score (nSPS) is 37.1. The monoisotopic (exact) mass is 304 g/mol. The Bertz CT molecular complexity index is 595. The van der Waals surface area contributed by atoms with Gasteiger partial charge in [-0.05, 0) is 57.1 Å². The zero-order valence-corrected chi connectivity index (χ0v) is 13.3. The largest absolute Gasteiger partial charge is 0.465 e. The molecule has 1 aromatic rings. The highest BCUT2D eigenvalue weighted by atomic mass is 16.5. The fourth-order valence-corrected chi connectivity index (χ4v) is 4.53. The lowest BCUT2D eigenvalue weighted by Crippen LogP contribution is -2.67. The van der Waals surface area contributed by atoms with Gasteiger partial charge in [0.15, 0.2) is 0 Å². The SMILES string of the molecule is CCOC(=O)[C@]12CCC[C@](C)(O)[C@@]1(O)c1ccccc1CC2. The van der Waals surface area contributed by atoms with Crippen LogP contribution in [0.25, 0.3) is 0 Å². The van der Waals surface area contributed by atoms with Gasteiger partial charge in [-0.3, -0.25) is 4.79 Å². The number of benzene rings is 1. The molecule has 0 heterocycles. The molecule has 1 saturated carbocycles. The van der Waals surface area contributed by atoms with E-state index in [4.69, 9.17) is 4.74 Å². The molecule has 0 spiro atoms. The third-order valence-electron chi connectivity index (χ3n) is 5.63. The summed E-state index contributed by atoms with van der Waals surface area (Å²) in [5.41, 5.74) is -2.32. The number of esters is 1. The van der Waals surface area contributed by atoms with Crippen LogP contribution in [-0.4, -0.2) is 28.4 Å². The third-order valence-corrected chi connectivity index (χ3v) is 5.63. The summed E-state index contributed by atoms with van der Waals surface area (Å²) in [4.78, 5) is 12.8. The van der Waals surface area contributed by atoms with E-state index >= 15 is 0 Å². The number of carbonyl (C=O) groups is 1. The fourth-order valence-electron chi connectivity index (χ4n) is 4.53. The summed E-state index contributed by atoms with van der Waals surface area (Å²) in [7, 11) is 0. The van der Waals surface area contributed by atoms with Crippen molar-refractivity contribution in [3.8, 4) is 0 Å². The Kier molecular flexibility index (Phi) is 3.57. The molecule has 120 valence electrons. The summed E-state index contributed by atoms with van der Waals surface area (Å²) in [5.74, 6) is -0.382. The maximum atomic E-state index is 12.8. The van der Waals surface area contributed by atoms with Gasteiger partial charge in [-0.1, -0.05) is 24.3 Å². The second kappa shape index (κ2) is 5.07. The Morgan fingerprint density at radius 1 is 1.23 bits per heavy atom. The number of hydrogen-bond acceptors (Lipinski definition) is 4. The van der Waals surface area contributed by atoms with Crippen molar-refractivity contribution in [2.24, 2.45) is 5.41 Å². The van der Waals surface area contributed by atoms with Crippen LogP contribution in [0.15, 0.2) is 24.3 Å². The fraction of sp³-hybridized carbons (Fsp3) is 0.611. The minimum absolute atomic E-state index is 0.278. The van der Waals surface area contributed by atoms with Gasteiger partial charge in [0.1, 0.15) is 11.0 Å². The van der Waals surface area contributed by atoms with E-state index in [1.807, 2.05) is 24.3 Å². The van der Waals surface area contributed by atoms with Crippen molar-refractivity contribution in [1.82, 2.24) is 0 Å². The Hall–Kier alpha value is -1.39. The lowest BCUT2D eigenvalue weighted by molar-refractivity contribution is -0.253. The van der Waals surface area contributed by atoms with Crippen molar-refractivity contribution in [2.75, 3.05) is 6.61 Å². The molecule has 0 aliphatic heterocycles. The van der Waals surface area contributed by atoms with Crippen molar-refractivity contribution in [3.63, 3.8) is 0 Å². The predicted octanol–water partition coefficient (Wildman–Crippen LogP) is 2.30. The molecular formula is C18H24O4. The van der Waals surface area contributed by atoms with E-state index in [0.717, 1.165) is 5.56 Å². The van der Waals surface area contributed by atoms with Crippen LogP contribution in [0.1, 0.15) is 50.7 Å². The molecule has 3 rings (SSSR count). The van der Waals surface area contributed by atoms with Gasteiger partial charge in [0.05, 0.1) is 12.2 Å². The molecule has 0 bridgehead atoms. The second-order valence-corrected chi connectivity index (χ2v) is 6.80.